The normalized spacial score (nSPS) is 13.1. The van der Waals surface area contributed by atoms with Gasteiger partial charge in [-0.15, -0.1) is 19.3 Å². The second kappa shape index (κ2) is 6.69. The fourth-order valence-electron chi connectivity index (χ4n) is 1.43. The highest BCUT2D eigenvalue weighted by molar-refractivity contribution is 6.09. The van der Waals surface area contributed by atoms with E-state index in [0.29, 0.717) is 0 Å². The van der Waals surface area contributed by atoms with Crippen molar-refractivity contribution in [2.24, 2.45) is 0 Å². The fraction of sp³-hybridized carbons (Fsp3) is 0.647. The molecule has 3 radical (unpaired) electrons. The second-order valence-corrected chi connectivity index (χ2v) is 6.48. The maximum absolute atomic E-state index is 5.88. The molecule has 0 aromatic rings. The first-order valence-corrected chi connectivity index (χ1v) is 7.25. The van der Waals surface area contributed by atoms with Crippen molar-refractivity contribution in [1.29, 1.82) is 0 Å². The summed E-state index contributed by atoms with van der Waals surface area (Å²) in [5.41, 5.74) is -2.79. The first-order chi connectivity index (χ1) is 9.36. The van der Waals surface area contributed by atoms with E-state index >= 15 is 0 Å². The molecule has 0 spiro atoms. The predicted molar refractivity (Wildman–Crippen MR) is 85.3 cm³/mol. The molecular weight excluding hydrogens is 280 g/mol. The average Bonchev–Trinajstić information content (AvgIpc) is 2.37. The van der Waals surface area contributed by atoms with Crippen LogP contribution in [0, 0.1) is 37.0 Å². The van der Waals surface area contributed by atoms with Crippen LogP contribution < -0.4 is 0 Å². The largest absolute Gasteiger partial charge is 0.308 e. The number of rotatable bonds is 7. The molecule has 0 fully saturated rings. The van der Waals surface area contributed by atoms with Crippen LogP contribution in [0.15, 0.2) is 0 Å². The van der Waals surface area contributed by atoms with E-state index in [1.54, 1.807) is 41.5 Å². The van der Waals surface area contributed by atoms with Gasteiger partial charge in [0.25, 0.3) is 5.97 Å². The lowest BCUT2D eigenvalue weighted by Crippen LogP contribution is -2.53. The molecule has 0 saturated heterocycles. The van der Waals surface area contributed by atoms with Crippen molar-refractivity contribution in [3.8, 4) is 37.0 Å². The molecule has 3 nitrogen and oxygen atoms in total. The lowest BCUT2D eigenvalue weighted by atomic mass is 10.1. The zero-order valence-electron chi connectivity index (χ0n) is 13.7. The molecule has 0 unspecified atom stereocenters. The zero-order valence-corrected chi connectivity index (χ0v) is 14.7. The molecule has 0 atom stereocenters. The molecule has 0 aromatic heterocycles. The summed E-state index contributed by atoms with van der Waals surface area (Å²) in [6.45, 7) is 10.3. The predicted octanol–water partition coefficient (Wildman–Crippen LogP) is 2.51. The van der Waals surface area contributed by atoms with Gasteiger partial charge in [0.05, 0.1) is 0 Å². The SMILES string of the molecule is C#CC(C)(C)OC(C[Si])(OC(C)(C)C#C)OC(C)(C)C#C. The zero-order chi connectivity index (χ0) is 16.9. The Kier molecular flexibility index (Phi) is 6.30. The Balaban J connectivity index is 5.68. The monoisotopic (exact) mass is 303 g/mol. The van der Waals surface area contributed by atoms with Gasteiger partial charge in [0.1, 0.15) is 16.8 Å². The van der Waals surface area contributed by atoms with Crippen LogP contribution in [0.5, 0.6) is 0 Å². The Morgan fingerprint density at radius 2 is 0.952 bits per heavy atom. The second-order valence-electron chi connectivity index (χ2n) is 6.13. The molecule has 113 valence electrons. The Labute approximate surface area is 132 Å². The molecule has 0 aliphatic rings. The Bertz CT molecular complexity index is 414. The minimum Gasteiger partial charge on any atom is -0.308 e. The minimum atomic E-state index is -1.52. The quantitative estimate of drug-likeness (QED) is 0.411. The molecule has 0 heterocycles. The molecular formula is C17H23O3Si. The summed E-state index contributed by atoms with van der Waals surface area (Å²) in [7, 11) is 3.39. The Hall–Kier alpha value is -1.22. The summed E-state index contributed by atoms with van der Waals surface area (Å²) in [4.78, 5) is 0. The van der Waals surface area contributed by atoms with Crippen LogP contribution in [-0.4, -0.2) is 33.0 Å². The number of hydrogen-bond donors (Lipinski definition) is 0. The van der Waals surface area contributed by atoms with Gasteiger partial charge in [-0.1, -0.05) is 17.8 Å². The van der Waals surface area contributed by atoms with E-state index in [9.17, 15) is 0 Å². The van der Waals surface area contributed by atoms with Crippen molar-refractivity contribution >= 4 is 10.2 Å². The standard InChI is InChI=1S/C17H23O3Si/c1-10-14(4,5)18-17(13-21,19-15(6,7)11-2)20-16(8,9)12-3/h1-3H,13H2,4-9H3. The highest BCUT2D eigenvalue weighted by Crippen LogP contribution is 2.34. The van der Waals surface area contributed by atoms with Gasteiger partial charge in [0, 0.05) is 16.3 Å². The maximum Gasteiger partial charge on any atom is 0.283 e. The van der Waals surface area contributed by atoms with Gasteiger partial charge in [-0.2, -0.15) is 0 Å². The van der Waals surface area contributed by atoms with Gasteiger partial charge in [0.2, 0.25) is 0 Å². The summed E-state index contributed by atoms with van der Waals surface area (Å²) in [6.07, 6.45) is 16.4. The molecule has 0 aliphatic carbocycles. The molecule has 0 bridgehead atoms. The van der Waals surface area contributed by atoms with Crippen molar-refractivity contribution in [1.82, 2.24) is 0 Å². The molecule has 0 N–H and O–H groups in total. The van der Waals surface area contributed by atoms with Crippen molar-refractivity contribution in [3.63, 3.8) is 0 Å². The first-order valence-electron chi connectivity index (χ1n) is 6.55. The molecule has 0 aliphatic heterocycles. The van der Waals surface area contributed by atoms with Crippen LogP contribution in [0.25, 0.3) is 0 Å². The third-order valence-corrected chi connectivity index (χ3v) is 2.92. The summed E-state index contributed by atoms with van der Waals surface area (Å²) < 4.78 is 17.6. The molecule has 21 heavy (non-hydrogen) atoms. The molecule has 0 aromatic carbocycles. The number of hydrogen-bond acceptors (Lipinski definition) is 3. The van der Waals surface area contributed by atoms with Crippen LogP contribution in [0.3, 0.4) is 0 Å². The van der Waals surface area contributed by atoms with E-state index in [2.05, 4.69) is 28.0 Å². The van der Waals surface area contributed by atoms with E-state index in [1.165, 1.54) is 0 Å². The topological polar surface area (TPSA) is 27.7 Å². The number of terminal acetylenes is 3. The summed E-state index contributed by atoms with van der Waals surface area (Å²) >= 11 is 0. The van der Waals surface area contributed by atoms with Gasteiger partial charge in [-0.05, 0) is 41.5 Å². The summed E-state index contributed by atoms with van der Waals surface area (Å²) in [6, 6.07) is 0.175. The van der Waals surface area contributed by atoms with Crippen molar-refractivity contribution in [3.05, 3.63) is 0 Å². The number of ether oxygens (including phenoxy) is 3. The molecule has 4 heteroatoms. The van der Waals surface area contributed by atoms with E-state index < -0.39 is 22.8 Å². The highest BCUT2D eigenvalue weighted by atomic mass is 28.1. The van der Waals surface area contributed by atoms with Crippen LogP contribution in [-0.2, 0) is 14.2 Å². The average molecular weight is 303 g/mol. The highest BCUT2D eigenvalue weighted by Gasteiger charge is 2.45. The van der Waals surface area contributed by atoms with Crippen LogP contribution in [0.2, 0.25) is 6.04 Å². The summed E-state index contributed by atoms with van der Waals surface area (Å²) in [5.74, 6) is 6.08. The van der Waals surface area contributed by atoms with Crippen molar-refractivity contribution in [2.75, 3.05) is 0 Å². The van der Waals surface area contributed by atoms with Crippen LogP contribution >= 0.6 is 0 Å². The van der Waals surface area contributed by atoms with Crippen molar-refractivity contribution in [2.45, 2.75) is 70.4 Å². The fourth-order valence-corrected chi connectivity index (χ4v) is 1.64. The molecule has 0 rings (SSSR count). The van der Waals surface area contributed by atoms with E-state index in [1.807, 2.05) is 0 Å². The maximum atomic E-state index is 5.88. The molecule has 0 amide bonds. The minimum absolute atomic E-state index is 0.175. The van der Waals surface area contributed by atoms with E-state index in [0.717, 1.165) is 0 Å². The van der Waals surface area contributed by atoms with Crippen LogP contribution in [0.4, 0.5) is 0 Å². The third kappa shape index (κ3) is 6.38. The first kappa shape index (κ1) is 19.8. The van der Waals surface area contributed by atoms with E-state index in [-0.39, 0.29) is 6.04 Å². The smallest absolute Gasteiger partial charge is 0.283 e. The van der Waals surface area contributed by atoms with Gasteiger partial charge in [-0.25, -0.2) is 0 Å². The van der Waals surface area contributed by atoms with Gasteiger partial charge < -0.3 is 14.2 Å². The van der Waals surface area contributed by atoms with E-state index in [4.69, 9.17) is 33.5 Å². The van der Waals surface area contributed by atoms with Crippen LogP contribution in [0.1, 0.15) is 41.5 Å². The summed E-state index contributed by atoms with van der Waals surface area (Å²) in [5, 5.41) is 0. The van der Waals surface area contributed by atoms with Crippen molar-refractivity contribution < 1.29 is 14.2 Å². The third-order valence-electron chi connectivity index (χ3n) is 2.49. The van der Waals surface area contributed by atoms with Gasteiger partial charge in [-0.3, -0.25) is 0 Å². The Morgan fingerprint density at radius 3 is 1.10 bits per heavy atom. The van der Waals surface area contributed by atoms with Gasteiger partial charge in [0.15, 0.2) is 0 Å². The van der Waals surface area contributed by atoms with Gasteiger partial charge >= 0.3 is 0 Å². The Morgan fingerprint density at radius 1 is 0.714 bits per heavy atom. The lowest BCUT2D eigenvalue weighted by Gasteiger charge is -2.43. The molecule has 0 saturated carbocycles. The lowest BCUT2D eigenvalue weighted by molar-refractivity contribution is -0.424.